The Hall–Kier alpha value is -0.670. The van der Waals surface area contributed by atoms with E-state index in [4.69, 9.17) is 11.1 Å². The van der Waals surface area contributed by atoms with Crippen LogP contribution in [0, 0.1) is 5.41 Å². The molecular weight excluding hydrogens is 242 g/mol. The molecule has 0 spiro atoms. The Kier molecular flexibility index (Phi) is 4.68. The predicted octanol–water partition coefficient (Wildman–Crippen LogP) is -1.73. The molecule has 0 aromatic carbocycles. The van der Waals surface area contributed by atoms with Gasteiger partial charge < -0.3 is 5.73 Å². The van der Waals surface area contributed by atoms with Crippen molar-refractivity contribution in [3.63, 3.8) is 0 Å². The summed E-state index contributed by atoms with van der Waals surface area (Å²) < 4.78 is 46.1. The Bertz CT molecular complexity index is 425. The molecule has 0 radical (unpaired) electrons. The molecule has 0 saturated heterocycles. The summed E-state index contributed by atoms with van der Waals surface area (Å²) in [5.74, 6) is -1.30. The van der Waals surface area contributed by atoms with Gasteiger partial charge in [0.15, 0.2) is 0 Å². The monoisotopic (exact) mass is 257 g/mol. The summed E-state index contributed by atoms with van der Waals surface area (Å²) in [4.78, 5) is 0. The van der Waals surface area contributed by atoms with E-state index in [1.165, 1.54) is 6.92 Å². The van der Waals surface area contributed by atoms with E-state index in [2.05, 4.69) is 4.72 Å². The largest absolute Gasteiger partial charge is 0.386 e. The molecule has 0 aliphatic carbocycles. The average Bonchev–Trinajstić information content (AvgIpc) is 1.99. The first-order valence-corrected chi connectivity index (χ1v) is 7.76. The normalized spacial score (nSPS) is 14.8. The van der Waals surface area contributed by atoms with E-state index in [9.17, 15) is 16.8 Å². The number of hydrogen-bond donors (Lipinski definition) is 3. The van der Waals surface area contributed by atoms with Gasteiger partial charge in [0.05, 0.1) is 17.5 Å². The number of nitrogens with one attached hydrogen (secondary N) is 2. The maximum Gasteiger partial charge on any atom is 0.213 e. The smallest absolute Gasteiger partial charge is 0.213 e. The first-order valence-electron chi connectivity index (χ1n) is 4.05. The van der Waals surface area contributed by atoms with E-state index in [-0.39, 0.29) is 5.84 Å². The Morgan fingerprint density at radius 1 is 1.33 bits per heavy atom. The highest BCUT2D eigenvalue weighted by Crippen LogP contribution is 1.92. The topological polar surface area (TPSA) is 130 Å². The van der Waals surface area contributed by atoms with Gasteiger partial charge in [0, 0.05) is 6.26 Å². The van der Waals surface area contributed by atoms with E-state index in [0.29, 0.717) is 0 Å². The van der Waals surface area contributed by atoms with Gasteiger partial charge in [-0.3, -0.25) is 5.41 Å². The molecule has 0 fully saturated rings. The molecule has 90 valence electrons. The molecule has 1 atom stereocenters. The van der Waals surface area contributed by atoms with Crippen molar-refractivity contribution in [2.75, 3.05) is 17.8 Å². The van der Waals surface area contributed by atoms with Crippen molar-refractivity contribution in [1.29, 1.82) is 5.41 Å². The minimum absolute atomic E-state index is 0.321. The Balaban J connectivity index is 4.40. The van der Waals surface area contributed by atoms with Crippen LogP contribution in [0.5, 0.6) is 0 Å². The second-order valence-electron chi connectivity index (χ2n) is 3.24. The highest BCUT2D eigenvalue weighted by Gasteiger charge is 2.18. The van der Waals surface area contributed by atoms with Crippen molar-refractivity contribution in [3.05, 3.63) is 0 Å². The lowest BCUT2D eigenvalue weighted by atomic mass is 10.3. The second-order valence-corrected chi connectivity index (χ2v) is 7.38. The van der Waals surface area contributed by atoms with Crippen LogP contribution in [0.1, 0.15) is 6.92 Å². The van der Waals surface area contributed by atoms with Gasteiger partial charge in [-0.25, -0.2) is 21.6 Å². The standard InChI is InChI=1S/C6H15N3O4S2/c1-5(6(7)8)9-15(12,13)4-3-14(2,10)11/h5,9H,3-4H2,1-2H3,(H3,7,8). The van der Waals surface area contributed by atoms with Gasteiger partial charge in [-0.2, -0.15) is 0 Å². The lowest BCUT2D eigenvalue weighted by Crippen LogP contribution is -2.43. The minimum atomic E-state index is -3.71. The molecule has 0 heterocycles. The van der Waals surface area contributed by atoms with Crippen LogP contribution >= 0.6 is 0 Å². The van der Waals surface area contributed by atoms with E-state index < -0.39 is 37.4 Å². The third-order valence-corrected chi connectivity index (χ3v) is 4.20. The van der Waals surface area contributed by atoms with Crippen LogP contribution in [0.15, 0.2) is 0 Å². The quantitative estimate of drug-likeness (QED) is 0.384. The number of rotatable bonds is 6. The summed E-state index contributed by atoms with van der Waals surface area (Å²) >= 11 is 0. The van der Waals surface area contributed by atoms with Gasteiger partial charge in [-0.15, -0.1) is 0 Å². The average molecular weight is 257 g/mol. The van der Waals surface area contributed by atoms with Crippen molar-refractivity contribution < 1.29 is 16.8 Å². The predicted molar refractivity (Wildman–Crippen MR) is 58.0 cm³/mol. The molecule has 0 amide bonds. The fourth-order valence-electron chi connectivity index (χ4n) is 0.653. The summed E-state index contributed by atoms with van der Waals surface area (Å²) in [6, 6.07) is -0.824. The number of hydrogen-bond acceptors (Lipinski definition) is 5. The molecule has 1 unspecified atom stereocenters. The van der Waals surface area contributed by atoms with Gasteiger partial charge in [-0.05, 0) is 6.92 Å². The van der Waals surface area contributed by atoms with Crippen LogP contribution in [0.25, 0.3) is 0 Å². The first kappa shape index (κ1) is 14.3. The third-order valence-electron chi connectivity index (χ3n) is 1.55. The van der Waals surface area contributed by atoms with Crippen molar-refractivity contribution in [1.82, 2.24) is 4.72 Å². The lowest BCUT2D eigenvalue weighted by molar-refractivity contribution is 0.576. The number of sulfone groups is 1. The van der Waals surface area contributed by atoms with Crippen LogP contribution in [0.2, 0.25) is 0 Å². The number of amidine groups is 1. The number of nitrogens with two attached hydrogens (primary N) is 1. The van der Waals surface area contributed by atoms with Crippen LogP contribution in [0.4, 0.5) is 0 Å². The first-order chi connectivity index (χ1) is 6.53. The second kappa shape index (κ2) is 4.90. The van der Waals surface area contributed by atoms with Crippen molar-refractivity contribution in [2.45, 2.75) is 13.0 Å². The van der Waals surface area contributed by atoms with Crippen molar-refractivity contribution >= 4 is 25.7 Å². The van der Waals surface area contributed by atoms with E-state index >= 15 is 0 Å². The summed E-state index contributed by atoms with van der Waals surface area (Å²) in [5, 5.41) is 6.97. The maximum absolute atomic E-state index is 11.3. The molecular formula is C6H15N3O4S2. The molecule has 0 bridgehead atoms. The Labute approximate surface area is 89.5 Å². The van der Waals surface area contributed by atoms with Gasteiger partial charge in [-0.1, -0.05) is 0 Å². The van der Waals surface area contributed by atoms with Crippen molar-refractivity contribution in [3.8, 4) is 0 Å². The van der Waals surface area contributed by atoms with Crippen LogP contribution in [0.3, 0.4) is 0 Å². The summed E-state index contributed by atoms with van der Waals surface area (Å²) in [6.45, 7) is 1.40. The van der Waals surface area contributed by atoms with Gasteiger partial charge in [0.25, 0.3) is 0 Å². The zero-order valence-corrected chi connectivity index (χ0v) is 10.2. The van der Waals surface area contributed by atoms with E-state index in [0.717, 1.165) is 6.26 Å². The minimum Gasteiger partial charge on any atom is -0.386 e. The van der Waals surface area contributed by atoms with E-state index in [1.54, 1.807) is 0 Å². The molecule has 0 saturated carbocycles. The fourth-order valence-corrected chi connectivity index (χ4v) is 3.52. The summed E-state index contributed by atoms with van der Waals surface area (Å²) in [5.41, 5.74) is 5.06. The zero-order valence-electron chi connectivity index (χ0n) is 8.52. The van der Waals surface area contributed by atoms with Gasteiger partial charge >= 0.3 is 0 Å². The SMILES string of the molecule is CC(NS(=O)(=O)CCS(C)(=O)=O)C(=N)N. The number of sulfonamides is 1. The highest BCUT2D eigenvalue weighted by molar-refractivity contribution is 7.93. The van der Waals surface area contributed by atoms with Crippen LogP contribution in [-0.2, 0) is 19.9 Å². The lowest BCUT2D eigenvalue weighted by Gasteiger charge is -2.11. The molecule has 4 N–H and O–H groups in total. The Morgan fingerprint density at radius 3 is 2.13 bits per heavy atom. The molecule has 0 aromatic heterocycles. The van der Waals surface area contributed by atoms with Crippen LogP contribution in [-0.4, -0.2) is 46.5 Å². The van der Waals surface area contributed by atoms with Gasteiger partial charge in [0.1, 0.15) is 15.7 Å². The highest BCUT2D eigenvalue weighted by atomic mass is 32.2. The molecule has 7 nitrogen and oxygen atoms in total. The summed E-state index contributed by atoms with van der Waals surface area (Å²) in [7, 11) is -7.03. The molecule has 0 aliphatic heterocycles. The third kappa shape index (κ3) is 7.28. The Morgan fingerprint density at radius 2 is 1.80 bits per heavy atom. The maximum atomic E-state index is 11.3. The van der Waals surface area contributed by atoms with E-state index in [1.807, 2.05) is 0 Å². The summed E-state index contributed by atoms with van der Waals surface area (Å²) in [6.07, 6.45) is 0.955. The van der Waals surface area contributed by atoms with Gasteiger partial charge in [0.2, 0.25) is 10.0 Å². The zero-order chi connectivity index (χ0) is 12.3. The van der Waals surface area contributed by atoms with Crippen molar-refractivity contribution in [2.24, 2.45) is 5.73 Å². The molecule has 0 aliphatic rings. The fraction of sp³-hybridized carbons (Fsp3) is 0.833. The van der Waals surface area contributed by atoms with Crippen LogP contribution < -0.4 is 10.5 Å². The molecule has 0 aromatic rings. The molecule has 0 rings (SSSR count). The molecule has 9 heteroatoms. The molecule has 15 heavy (non-hydrogen) atoms.